The van der Waals surface area contributed by atoms with Crippen molar-refractivity contribution >= 4 is 33.9 Å². The number of amides is 1. The third-order valence-corrected chi connectivity index (χ3v) is 5.64. The van der Waals surface area contributed by atoms with Gasteiger partial charge in [0.15, 0.2) is 0 Å². The lowest BCUT2D eigenvalue weighted by Crippen LogP contribution is -2.36. The fourth-order valence-corrected chi connectivity index (χ4v) is 4.03. The Balaban J connectivity index is 1.41. The van der Waals surface area contributed by atoms with Gasteiger partial charge in [-0.3, -0.25) is 19.0 Å². The minimum absolute atomic E-state index is 0.0780. The lowest BCUT2D eigenvalue weighted by molar-refractivity contribution is -0.161. The Hall–Kier alpha value is -3.94. The number of ether oxygens (including phenoxy) is 1. The van der Waals surface area contributed by atoms with Gasteiger partial charge in [0.1, 0.15) is 17.6 Å². The molecule has 1 atom stereocenters. The standard InChI is InChI=1S/C24H21N3O5/c28-19(32-21(16-8-2-1-3-9-16)23(29)26-12-6-7-13-26)14-27-15-25-20-17-10-4-5-11-18(17)31-22(20)24(27)30/h1-5,8-11,15,21H,6-7,12-14H2. The molecule has 0 N–H and O–H groups in total. The van der Waals surface area contributed by atoms with Gasteiger partial charge in [-0.1, -0.05) is 42.5 Å². The van der Waals surface area contributed by atoms with E-state index in [1.807, 2.05) is 24.3 Å². The van der Waals surface area contributed by atoms with E-state index in [1.54, 1.807) is 35.2 Å². The number of benzene rings is 2. The molecule has 1 aliphatic heterocycles. The molecule has 0 spiro atoms. The van der Waals surface area contributed by atoms with Gasteiger partial charge in [-0.05, 0) is 25.0 Å². The van der Waals surface area contributed by atoms with Gasteiger partial charge in [0.25, 0.3) is 11.5 Å². The zero-order chi connectivity index (χ0) is 22.1. The summed E-state index contributed by atoms with van der Waals surface area (Å²) in [6.45, 7) is 0.910. The van der Waals surface area contributed by atoms with E-state index in [0.717, 1.165) is 22.8 Å². The summed E-state index contributed by atoms with van der Waals surface area (Å²) in [7, 11) is 0. The van der Waals surface area contributed by atoms with Crippen LogP contribution in [-0.2, 0) is 20.9 Å². The van der Waals surface area contributed by atoms with Crippen molar-refractivity contribution in [2.75, 3.05) is 13.1 Å². The van der Waals surface area contributed by atoms with E-state index in [2.05, 4.69) is 4.98 Å². The summed E-state index contributed by atoms with van der Waals surface area (Å²) in [6, 6.07) is 16.1. The molecule has 2 aromatic heterocycles. The van der Waals surface area contributed by atoms with Gasteiger partial charge in [-0.2, -0.15) is 0 Å². The number of hydrogen-bond donors (Lipinski definition) is 0. The smallest absolute Gasteiger partial charge is 0.327 e. The quantitative estimate of drug-likeness (QED) is 0.451. The number of carbonyl (C=O) groups is 2. The fraction of sp³-hybridized carbons (Fsp3) is 0.250. The molecule has 162 valence electrons. The maximum atomic E-state index is 13.0. The number of nitrogens with zero attached hydrogens (tertiary/aromatic N) is 3. The van der Waals surface area contributed by atoms with Crippen molar-refractivity contribution in [1.29, 1.82) is 0 Å². The van der Waals surface area contributed by atoms with E-state index >= 15 is 0 Å². The van der Waals surface area contributed by atoms with E-state index in [-0.39, 0.29) is 18.0 Å². The highest BCUT2D eigenvalue weighted by molar-refractivity contribution is 6.01. The summed E-state index contributed by atoms with van der Waals surface area (Å²) in [5.41, 5.74) is 1.19. The lowest BCUT2D eigenvalue weighted by atomic mass is 10.1. The molecule has 1 saturated heterocycles. The summed E-state index contributed by atoms with van der Waals surface area (Å²) >= 11 is 0. The zero-order valence-corrected chi connectivity index (χ0v) is 17.3. The van der Waals surface area contributed by atoms with Crippen molar-refractivity contribution in [3.8, 4) is 0 Å². The van der Waals surface area contributed by atoms with Gasteiger partial charge in [-0.15, -0.1) is 0 Å². The van der Waals surface area contributed by atoms with Gasteiger partial charge >= 0.3 is 5.97 Å². The molecule has 0 radical (unpaired) electrons. The second kappa shape index (κ2) is 8.30. The van der Waals surface area contributed by atoms with Crippen LogP contribution in [0.5, 0.6) is 0 Å². The average molecular weight is 431 g/mol. The van der Waals surface area contributed by atoms with Gasteiger partial charge in [0, 0.05) is 24.0 Å². The molecule has 1 aliphatic rings. The van der Waals surface area contributed by atoms with E-state index in [1.165, 1.54) is 6.33 Å². The molecule has 2 aromatic carbocycles. The van der Waals surface area contributed by atoms with Crippen LogP contribution in [-0.4, -0.2) is 39.4 Å². The second-order valence-electron chi connectivity index (χ2n) is 7.77. The summed E-state index contributed by atoms with van der Waals surface area (Å²) in [5, 5.41) is 0.731. The van der Waals surface area contributed by atoms with Crippen LogP contribution >= 0.6 is 0 Å². The van der Waals surface area contributed by atoms with E-state index in [0.29, 0.717) is 29.8 Å². The first kappa shape index (κ1) is 20.0. The third kappa shape index (κ3) is 3.64. The van der Waals surface area contributed by atoms with Crippen LogP contribution in [0.3, 0.4) is 0 Å². The molecule has 5 rings (SSSR count). The zero-order valence-electron chi connectivity index (χ0n) is 17.3. The van der Waals surface area contributed by atoms with Crippen molar-refractivity contribution in [3.63, 3.8) is 0 Å². The number of esters is 1. The Morgan fingerprint density at radius 1 is 1.03 bits per heavy atom. The van der Waals surface area contributed by atoms with E-state index in [9.17, 15) is 14.4 Å². The van der Waals surface area contributed by atoms with Gasteiger partial charge < -0.3 is 14.1 Å². The molecule has 1 fully saturated rings. The Bertz CT molecular complexity index is 1350. The third-order valence-electron chi connectivity index (χ3n) is 5.64. The van der Waals surface area contributed by atoms with Crippen molar-refractivity contribution in [2.24, 2.45) is 0 Å². The number of furan rings is 1. The molecule has 8 heteroatoms. The molecule has 0 bridgehead atoms. The number of hydrogen-bond acceptors (Lipinski definition) is 6. The first-order chi connectivity index (χ1) is 15.6. The molecule has 3 heterocycles. The molecule has 0 aliphatic carbocycles. The van der Waals surface area contributed by atoms with E-state index < -0.39 is 17.6 Å². The van der Waals surface area contributed by atoms with Crippen LogP contribution in [0.2, 0.25) is 0 Å². The second-order valence-corrected chi connectivity index (χ2v) is 7.77. The number of carbonyl (C=O) groups excluding carboxylic acids is 2. The highest BCUT2D eigenvalue weighted by atomic mass is 16.5. The van der Waals surface area contributed by atoms with Crippen molar-refractivity contribution in [1.82, 2.24) is 14.5 Å². The number of fused-ring (bicyclic) bond motifs is 3. The predicted octanol–water partition coefficient (Wildman–Crippen LogP) is 3.05. The van der Waals surface area contributed by atoms with Gasteiger partial charge in [0.05, 0.1) is 6.33 Å². The molecule has 4 aromatic rings. The summed E-state index contributed by atoms with van der Waals surface area (Å²) in [6.07, 6.45) is 2.10. The maximum absolute atomic E-state index is 13.0. The largest absolute Gasteiger partial charge is 0.448 e. The van der Waals surface area contributed by atoms with Crippen molar-refractivity contribution < 1.29 is 18.7 Å². The molecule has 32 heavy (non-hydrogen) atoms. The van der Waals surface area contributed by atoms with Crippen LogP contribution in [0, 0.1) is 0 Å². The van der Waals surface area contributed by atoms with E-state index in [4.69, 9.17) is 9.15 Å². The van der Waals surface area contributed by atoms with Gasteiger partial charge in [-0.25, -0.2) is 4.98 Å². The van der Waals surface area contributed by atoms with Crippen molar-refractivity contribution in [3.05, 3.63) is 76.8 Å². The van der Waals surface area contributed by atoms with Crippen LogP contribution in [0.25, 0.3) is 22.1 Å². The highest BCUT2D eigenvalue weighted by Crippen LogP contribution is 2.25. The highest BCUT2D eigenvalue weighted by Gasteiger charge is 2.31. The first-order valence-electron chi connectivity index (χ1n) is 10.5. The van der Waals surface area contributed by atoms with Crippen LogP contribution in [0.4, 0.5) is 0 Å². The summed E-state index contributed by atoms with van der Waals surface area (Å²) in [5.74, 6) is -0.953. The average Bonchev–Trinajstić information content (AvgIpc) is 3.48. The number of rotatable bonds is 5. The molecule has 8 nitrogen and oxygen atoms in total. The predicted molar refractivity (Wildman–Crippen MR) is 117 cm³/mol. The topological polar surface area (TPSA) is 94.6 Å². The Morgan fingerprint density at radius 3 is 2.53 bits per heavy atom. The normalized spacial score (nSPS) is 14.7. The molecular formula is C24H21N3O5. The van der Waals surface area contributed by atoms with Crippen LogP contribution in [0.1, 0.15) is 24.5 Å². The van der Waals surface area contributed by atoms with Gasteiger partial charge in [0.2, 0.25) is 11.7 Å². The maximum Gasteiger partial charge on any atom is 0.327 e. The number of aromatic nitrogens is 2. The van der Waals surface area contributed by atoms with Crippen LogP contribution < -0.4 is 5.56 Å². The minimum Gasteiger partial charge on any atom is -0.448 e. The van der Waals surface area contributed by atoms with Crippen molar-refractivity contribution in [2.45, 2.75) is 25.5 Å². The Morgan fingerprint density at radius 2 is 1.75 bits per heavy atom. The minimum atomic E-state index is -1.06. The molecular weight excluding hydrogens is 410 g/mol. The Labute approximate surface area is 183 Å². The summed E-state index contributed by atoms with van der Waals surface area (Å²) in [4.78, 5) is 44.7. The molecule has 1 unspecified atom stereocenters. The molecule has 1 amide bonds. The van der Waals surface area contributed by atoms with Crippen LogP contribution in [0.15, 0.2) is 70.1 Å². The summed E-state index contributed by atoms with van der Waals surface area (Å²) < 4.78 is 12.4. The monoisotopic (exact) mass is 431 g/mol. The fourth-order valence-electron chi connectivity index (χ4n) is 4.03. The number of para-hydroxylation sites is 1. The number of likely N-dealkylation sites (tertiary alicyclic amines) is 1. The molecule has 0 saturated carbocycles. The lowest BCUT2D eigenvalue weighted by Gasteiger charge is -2.23. The first-order valence-corrected chi connectivity index (χ1v) is 10.5. The Kier molecular flexibility index (Phi) is 5.18. The SMILES string of the molecule is O=C(Cn1cnc2c(oc3ccccc32)c1=O)OC(C(=O)N1CCCC1)c1ccccc1.